The highest BCUT2D eigenvalue weighted by molar-refractivity contribution is 5.76. The quantitative estimate of drug-likeness (QED) is 0.381. The number of carbonyl (C=O) groups is 1. The number of aryl methyl sites for hydroxylation is 1. The fourth-order valence-electron chi connectivity index (χ4n) is 5.32. The molecule has 2 heterocycles. The first-order valence-corrected chi connectivity index (χ1v) is 13.3. The maximum Gasteiger partial charge on any atom is 0.222 e. The van der Waals surface area contributed by atoms with E-state index in [4.69, 9.17) is 9.97 Å². The zero-order valence-electron chi connectivity index (χ0n) is 22.8. The molecule has 0 spiro atoms. The molecule has 1 aliphatic heterocycles. The van der Waals surface area contributed by atoms with Crippen molar-refractivity contribution in [2.75, 3.05) is 31.1 Å². The second-order valence-corrected chi connectivity index (χ2v) is 11.5. The molecule has 1 aromatic heterocycles. The van der Waals surface area contributed by atoms with Gasteiger partial charge in [0.1, 0.15) is 11.6 Å². The van der Waals surface area contributed by atoms with Gasteiger partial charge in [0.05, 0.1) is 0 Å². The largest absolute Gasteiger partial charge is 0.353 e. The highest BCUT2D eigenvalue weighted by atomic mass is 19.1. The topological polar surface area (TPSA) is 49.3 Å². The van der Waals surface area contributed by atoms with Crippen molar-refractivity contribution >= 4 is 11.7 Å². The number of benzene rings is 2. The number of halogens is 1. The van der Waals surface area contributed by atoms with Crippen LogP contribution in [0.4, 0.5) is 10.2 Å². The van der Waals surface area contributed by atoms with Gasteiger partial charge in [0, 0.05) is 55.8 Å². The molecule has 0 unspecified atom stereocenters. The number of carbonyl (C=O) groups excluding carboxylic acids is 1. The maximum absolute atomic E-state index is 14.0. The second-order valence-electron chi connectivity index (χ2n) is 11.5. The summed E-state index contributed by atoms with van der Waals surface area (Å²) in [5.41, 5.74) is 4.04. The lowest BCUT2D eigenvalue weighted by molar-refractivity contribution is -0.132. The SMILES string of the molecule is Cc1nc(-c2cccc(F)c2)nc(N2CCN(C(=O)C[C@@H](C)CC(C)(C)C)CC2)c1Cc1ccccc1. The fraction of sp³-hybridized carbons (Fsp3) is 0.452. The molecule has 0 saturated carbocycles. The van der Waals surface area contributed by atoms with Gasteiger partial charge in [0.2, 0.25) is 5.91 Å². The van der Waals surface area contributed by atoms with Gasteiger partial charge in [-0.3, -0.25) is 4.79 Å². The van der Waals surface area contributed by atoms with E-state index in [1.807, 2.05) is 36.1 Å². The van der Waals surface area contributed by atoms with Gasteiger partial charge in [-0.2, -0.15) is 0 Å². The molecule has 37 heavy (non-hydrogen) atoms. The summed E-state index contributed by atoms with van der Waals surface area (Å²) in [6.07, 6.45) is 2.34. The molecule has 0 radical (unpaired) electrons. The van der Waals surface area contributed by atoms with Crippen LogP contribution in [0.2, 0.25) is 0 Å². The van der Waals surface area contributed by atoms with Crippen LogP contribution in [-0.2, 0) is 11.2 Å². The normalized spacial score (nSPS) is 15.1. The summed E-state index contributed by atoms with van der Waals surface area (Å²) in [5, 5.41) is 0. The van der Waals surface area contributed by atoms with Crippen molar-refractivity contribution in [3.8, 4) is 11.4 Å². The molecule has 1 aliphatic rings. The summed E-state index contributed by atoms with van der Waals surface area (Å²) in [6.45, 7) is 13.6. The first-order valence-electron chi connectivity index (χ1n) is 13.3. The third-order valence-electron chi connectivity index (χ3n) is 6.91. The highest BCUT2D eigenvalue weighted by Crippen LogP contribution is 2.30. The second kappa shape index (κ2) is 11.4. The fourth-order valence-corrected chi connectivity index (χ4v) is 5.32. The van der Waals surface area contributed by atoms with E-state index in [1.165, 1.54) is 17.7 Å². The molecular weight excluding hydrogens is 463 g/mol. The van der Waals surface area contributed by atoms with Crippen molar-refractivity contribution in [3.05, 3.63) is 77.2 Å². The summed E-state index contributed by atoms with van der Waals surface area (Å²) in [7, 11) is 0. The third kappa shape index (κ3) is 7.15. The lowest BCUT2D eigenvalue weighted by Gasteiger charge is -2.37. The molecule has 1 atom stereocenters. The number of hydrogen-bond donors (Lipinski definition) is 0. The molecule has 1 saturated heterocycles. The number of hydrogen-bond acceptors (Lipinski definition) is 4. The van der Waals surface area contributed by atoms with Gasteiger partial charge < -0.3 is 9.80 Å². The van der Waals surface area contributed by atoms with E-state index in [1.54, 1.807) is 6.07 Å². The Labute approximate surface area is 220 Å². The molecule has 0 bridgehead atoms. The van der Waals surface area contributed by atoms with Crippen LogP contribution in [0.3, 0.4) is 0 Å². The van der Waals surface area contributed by atoms with Crippen molar-refractivity contribution in [2.24, 2.45) is 11.3 Å². The third-order valence-corrected chi connectivity index (χ3v) is 6.91. The Morgan fingerprint density at radius 1 is 1.00 bits per heavy atom. The van der Waals surface area contributed by atoms with Crippen LogP contribution < -0.4 is 4.90 Å². The number of piperazine rings is 1. The van der Waals surface area contributed by atoms with Crippen molar-refractivity contribution in [3.63, 3.8) is 0 Å². The van der Waals surface area contributed by atoms with Crippen LogP contribution in [-0.4, -0.2) is 47.0 Å². The molecule has 0 aliphatic carbocycles. The van der Waals surface area contributed by atoms with Crippen LogP contribution in [0.25, 0.3) is 11.4 Å². The predicted octanol–water partition coefficient (Wildman–Crippen LogP) is 6.29. The molecule has 196 valence electrons. The van der Waals surface area contributed by atoms with Gasteiger partial charge in [-0.1, -0.05) is 70.2 Å². The van der Waals surface area contributed by atoms with Gasteiger partial charge in [-0.15, -0.1) is 0 Å². The van der Waals surface area contributed by atoms with Gasteiger partial charge in [-0.25, -0.2) is 14.4 Å². The molecule has 6 heteroatoms. The van der Waals surface area contributed by atoms with Crippen LogP contribution in [0.5, 0.6) is 0 Å². The summed E-state index contributed by atoms with van der Waals surface area (Å²) in [5.74, 6) is 1.70. The predicted molar refractivity (Wildman–Crippen MR) is 148 cm³/mol. The van der Waals surface area contributed by atoms with Gasteiger partial charge in [0.25, 0.3) is 0 Å². The molecule has 1 fully saturated rings. The maximum atomic E-state index is 14.0. The highest BCUT2D eigenvalue weighted by Gasteiger charge is 2.27. The molecular formula is C31H39FN4O. The van der Waals surface area contributed by atoms with E-state index in [0.717, 1.165) is 29.9 Å². The molecule has 1 amide bonds. The van der Waals surface area contributed by atoms with Crippen molar-refractivity contribution in [1.29, 1.82) is 0 Å². The molecule has 5 nitrogen and oxygen atoms in total. The number of nitrogens with zero attached hydrogens (tertiary/aromatic N) is 4. The zero-order chi connectivity index (χ0) is 26.6. The summed E-state index contributed by atoms with van der Waals surface area (Å²) < 4.78 is 14.0. The standard InChI is InChI=1S/C31H39FN4O/c1-22(21-31(3,4)5)18-28(37)35-14-16-36(17-15-35)30-27(19-24-10-7-6-8-11-24)23(2)33-29(34-30)25-12-9-13-26(32)20-25/h6-13,20,22H,14-19,21H2,1-5H3/t22-/m1/s1. The minimum absolute atomic E-state index is 0.220. The van der Waals surface area contributed by atoms with Crippen molar-refractivity contribution in [1.82, 2.24) is 14.9 Å². The number of anilines is 1. The molecule has 3 aromatic rings. The Bertz CT molecular complexity index is 1210. The van der Waals surface area contributed by atoms with E-state index >= 15 is 0 Å². The summed E-state index contributed by atoms with van der Waals surface area (Å²) in [4.78, 5) is 27.0. The van der Waals surface area contributed by atoms with E-state index in [9.17, 15) is 9.18 Å². The first-order chi connectivity index (χ1) is 17.6. The van der Waals surface area contributed by atoms with Gasteiger partial charge >= 0.3 is 0 Å². The lowest BCUT2D eigenvalue weighted by atomic mass is 9.84. The van der Waals surface area contributed by atoms with Crippen molar-refractivity contribution in [2.45, 2.75) is 53.9 Å². The van der Waals surface area contributed by atoms with Crippen molar-refractivity contribution < 1.29 is 9.18 Å². The van der Waals surface area contributed by atoms with E-state index in [2.05, 4.69) is 44.7 Å². The average Bonchev–Trinajstić information content (AvgIpc) is 2.84. The summed E-state index contributed by atoms with van der Waals surface area (Å²) in [6, 6.07) is 16.7. The Kier molecular flexibility index (Phi) is 8.25. The average molecular weight is 503 g/mol. The smallest absolute Gasteiger partial charge is 0.222 e. The molecule has 0 N–H and O–H groups in total. The Balaban J connectivity index is 1.56. The Morgan fingerprint density at radius 2 is 1.70 bits per heavy atom. The monoisotopic (exact) mass is 502 g/mol. The minimum atomic E-state index is -0.304. The Morgan fingerprint density at radius 3 is 2.35 bits per heavy atom. The number of amides is 1. The first kappa shape index (κ1) is 26.8. The van der Waals surface area contributed by atoms with Gasteiger partial charge in [0.15, 0.2) is 5.82 Å². The molecule has 4 rings (SSSR count). The Hall–Kier alpha value is -3.28. The molecule has 2 aromatic carbocycles. The van der Waals surface area contributed by atoms with Crippen LogP contribution in [0.1, 0.15) is 57.4 Å². The van der Waals surface area contributed by atoms with E-state index < -0.39 is 0 Å². The van der Waals surface area contributed by atoms with Crippen LogP contribution >= 0.6 is 0 Å². The van der Waals surface area contributed by atoms with Gasteiger partial charge in [-0.05, 0) is 42.4 Å². The summed E-state index contributed by atoms with van der Waals surface area (Å²) >= 11 is 0. The van der Waals surface area contributed by atoms with Crippen LogP contribution in [0.15, 0.2) is 54.6 Å². The minimum Gasteiger partial charge on any atom is -0.353 e. The number of rotatable bonds is 7. The van der Waals surface area contributed by atoms with E-state index in [-0.39, 0.29) is 17.1 Å². The lowest BCUT2D eigenvalue weighted by Crippen LogP contribution is -2.49. The number of aromatic nitrogens is 2. The zero-order valence-corrected chi connectivity index (χ0v) is 22.8. The van der Waals surface area contributed by atoms with Crippen LogP contribution in [0, 0.1) is 24.1 Å². The van der Waals surface area contributed by atoms with E-state index in [0.29, 0.717) is 49.9 Å².